The number of nitrogens with zero attached hydrogens (tertiary/aromatic N) is 3. The molecule has 0 heterocycles. The van der Waals surface area contributed by atoms with Gasteiger partial charge in [-0.25, -0.2) is 4.79 Å². The fraction of sp³-hybridized carbons (Fsp3) is 0.364. The summed E-state index contributed by atoms with van der Waals surface area (Å²) in [6.07, 6.45) is 0. The van der Waals surface area contributed by atoms with Gasteiger partial charge in [-0.2, -0.15) is 0 Å². The van der Waals surface area contributed by atoms with Crippen molar-refractivity contribution in [3.63, 3.8) is 0 Å². The number of nitro groups is 2. The van der Waals surface area contributed by atoms with Gasteiger partial charge in [0.05, 0.1) is 24.1 Å². The van der Waals surface area contributed by atoms with Gasteiger partial charge in [0.2, 0.25) is 5.56 Å². The molecule has 0 aliphatic carbocycles. The SMILES string of the molecule is COC(=O)c1c([N+](=O)[O-])c(OC)cc(N(C)C)c1[N+](=O)[O-]. The molecule has 0 N–H and O–H groups in total. The van der Waals surface area contributed by atoms with Crippen LogP contribution in [0.4, 0.5) is 17.1 Å². The highest BCUT2D eigenvalue weighted by molar-refractivity contribution is 6.02. The van der Waals surface area contributed by atoms with Gasteiger partial charge in [-0.05, 0) is 0 Å². The number of carbonyl (C=O) groups is 1. The van der Waals surface area contributed by atoms with Crippen molar-refractivity contribution in [2.45, 2.75) is 0 Å². The third-order valence-electron chi connectivity index (χ3n) is 2.67. The standard InChI is InChI=1S/C11H13N3O7/c1-12(2)6-5-7(20-3)10(14(18)19)8(11(15)21-4)9(6)13(16)17/h5H,1-4H3. The van der Waals surface area contributed by atoms with E-state index >= 15 is 0 Å². The number of carbonyl (C=O) groups excluding carboxylic acids is 1. The maximum atomic E-state index is 11.8. The molecular formula is C11H13N3O7. The molecule has 1 aromatic rings. The fourth-order valence-electron chi connectivity index (χ4n) is 1.78. The Balaban J connectivity index is 3.97. The van der Waals surface area contributed by atoms with Crippen LogP contribution in [0.15, 0.2) is 6.07 Å². The van der Waals surface area contributed by atoms with Crippen LogP contribution in [0.2, 0.25) is 0 Å². The second kappa shape index (κ2) is 6.03. The number of hydrogen-bond donors (Lipinski definition) is 0. The molecule has 0 radical (unpaired) electrons. The van der Waals surface area contributed by atoms with Crippen LogP contribution >= 0.6 is 0 Å². The molecule has 10 heteroatoms. The lowest BCUT2D eigenvalue weighted by molar-refractivity contribution is -0.394. The van der Waals surface area contributed by atoms with E-state index in [2.05, 4.69) is 4.74 Å². The van der Waals surface area contributed by atoms with Gasteiger partial charge >= 0.3 is 17.3 Å². The fourth-order valence-corrected chi connectivity index (χ4v) is 1.78. The Bertz CT molecular complexity index is 612. The van der Waals surface area contributed by atoms with Crippen LogP contribution < -0.4 is 9.64 Å². The first-order chi connectivity index (χ1) is 9.76. The summed E-state index contributed by atoms with van der Waals surface area (Å²) in [6, 6.07) is 1.13. The van der Waals surface area contributed by atoms with E-state index in [-0.39, 0.29) is 11.4 Å². The quantitative estimate of drug-likeness (QED) is 0.453. The normalized spacial score (nSPS) is 9.90. The van der Waals surface area contributed by atoms with E-state index in [1.54, 1.807) is 0 Å². The number of esters is 1. The van der Waals surface area contributed by atoms with Crippen molar-refractivity contribution in [1.82, 2.24) is 0 Å². The summed E-state index contributed by atoms with van der Waals surface area (Å²) in [5, 5.41) is 22.4. The van der Waals surface area contributed by atoms with Gasteiger partial charge < -0.3 is 14.4 Å². The van der Waals surface area contributed by atoms with Crippen LogP contribution in [0.5, 0.6) is 5.75 Å². The Morgan fingerprint density at radius 2 is 1.67 bits per heavy atom. The van der Waals surface area contributed by atoms with Gasteiger partial charge in [-0.15, -0.1) is 0 Å². The van der Waals surface area contributed by atoms with Crippen LogP contribution in [0.25, 0.3) is 0 Å². The summed E-state index contributed by atoms with van der Waals surface area (Å²) in [4.78, 5) is 33.8. The van der Waals surface area contributed by atoms with E-state index in [0.29, 0.717) is 0 Å². The number of hydrogen-bond acceptors (Lipinski definition) is 8. The zero-order valence-electron chi connectivity index (χ0n) is 11.8. The number of benzene rings is 1. The minimum absolute atomic E-state index is 0.0112. The van der Waals surface area contributed by atoms with E-state index in [1.807, 2.05) is 0 Å². The largest absolute Gasteiger partial charge is 0.490 e. The first-order valence-corrected chi connectivity index (χ1v) is 5.55. The predicted octanol–water partition coefficient (Wildman–Crippen LogP) is 1.36. The summed E-state index contributed by atoms with van der Waals surface area (Å²) in [5.74, 6) is -1.45. The number of nitro benzene ring substituents is 2. The minimum Gasteiger partial charge on any atom is -0.490 e. The highest BCUT2D eigenvalue weighted by Crippen LogP contribution is 2.43. The van der Waals surface area contributed by atoms with E-state index < -0.39 is 32.8 Å². The molecule has 21 heavy (non-hydrogen) atoms. The molecule has 10 nitrogen and oxygen atoms in total. The molecule has 0 bridgehead atoms. The van der Waals surface area contributed by atoms with Gasteiger partial charge in [0.15, 0.2) is 5.75 Å². The van der Waals surface area contributed by atoms with Gasteiger partial charge in [-0.3, -0.25) is 20.2 Å². The second-order valence-electron chi connectivity index (χ2n) is 4.07. The van der Waals surface area contributed by atoms with Crippen molar-refractivity contribution in [2.24, 2.45) is 0 Å². The number of anilines is 1. The summed E-state index contributed by atoms with van der Waals surface area (Å²) in [5.41, 5.74) is -2.28. The Morgan fingerprint density at radius 1 is 1.14 bits per heavy atom. The molecule has 1 rings (SSSR count). The van der Waals surface area contributed by atoms with Crippen molar-refractivity contribution < 1.29 is 24.1 Å². The first-order valence-electron chi connectivity index (χ1n) is 5.55. The van der Waals surface area contributed by atoms with Crippen molar-refractivity contribution >= 4 is 23.0 Å². The molecule has 0 saturated heterocycles. The van der Waals surface area contributed by atoms with Crippen LogP contribution in [0.1, 0.15) is 10.4 Å². The average molecular weight is 299 g/mol. The maximum absolute atomic E-state index is 11.8. The van der Waals surface area contributed by atoms with Crippen LogP contribution in [-0.4, -0.2) is 44.1 Å². The first kappa shape index (κ1) is 16.1. The van der Waals surface area contributed by atoms with Gasteiger partial charge in [-0.1, -0.05) is 0 Å². The van der Waals surface area contributed by atoms with E-state index in [9.17, 15) is 25.0 Å². The van der Waals surface area contributed by atoms with Crippen molar-refractivity contribution in [3.8, 4) is 5.75 Å². The van der Waals surface area contributed by atoms with Crippen LogP contribution in [0, 0.1) is 20.2 Å². The molecule has 0 aromatic heterocycles. The van der Waals surface area contributed by atoms with E-state index in [4.69, 9.17) is 4.74 Å². The van der Waals surface area contributed by atoms with Crippen LogP contribution in [-0.2, 0) is 4.74 Å². The van der Waals surface area contributed by atoms with E-state index in [1.165, 1.54) is 19.0 Å². The molecular weight excluding hydrogens is 286 g/mol. The highest BCUT2D eigenvalue weighted by atomic mass is 16.6. The Morgan fingerprint density at radius 3 is 2.00 bits per heavy atom. The van der Waals surface area contributed by atoms with E-state index in [0.717, 1.165) is 20.3 Å². The second-order valence-corrected chi connectivity index (χ2v) is 4.07. The molecule has 0 saturated carbocycles. The number of methoxy groups -OCH3 is 2. The summed E-state index contributed by atoms with van der Waals surface area (Å²) >= 11 is 0. The summed E-state index contributed by atoms with van der Waals surface area (Å²) in [7, 11) is 5.13. The lowest BCUT2D eigenvalue weighted by Gasteiger charge is -2.16. The predicted molar refractivity (Wildman–Crippen MR) is 72.0 cm³/mol. The van der Waals surface area contributed by atoms with Crippen molar-refractivity contribution in [2.75, 3.05) is 33.2 Å². The molecule has 0 aliphatic heterocycles. The van der Waals surface area contributed by atoms with Gasteiger partial charge in [0.25, 0.3) is 0 Å². The Kier molecular flexibility index (Phi) is 4.64. The molecule has 0 atom stereocenters. The summed E-state index contributed by atoms with van der Waals surface area (Å²) in [6.45, 7) is 0. The monoisotopic (exact) mass is 299 g/mol. The number of ether oxygens (including phenoxy) is 2. The molecule has 114 valence electrons. The zero-order valence-corrected chi connectivity index (χ0v) is 11.8. The maximum Gasteiger partial charge on any atom is 0.352 e. The van der Waals surface area contributed by atoms with Crippen molar-refractivity contribution in [3.05, 3.63) is 31.9 Å². The van der Waals surface area contributed by atoms with Crippen LogP contribution in [0.3, 0.4) is 0 Å². The molecule has 0 unspecified atom stereocenters. The number of rotatable bonds is 5. The highest BCUT2D eigenvalue weighted by Gasteiger charge is 2.39. The lowest BCUT2D eigenvalue weighted by atomic mass is 10.1. The lowest BCUT2D eigenvalue weighted by Crippen LogP contribution is -2.17. The third-order valence-corrected chi connectivity index (χ3v) is 2.67. The molecule has 1 aromatic carbocycles. The zero-order chi connectivity index (χ0) is 16.3. The third kappa shape index (κ3) is 2.83. The average Bonchev–Trinajstić information content (AvgIpc) is 2.43. The molecule has 0 amide bonds. The Labute approximate surface area is 119 Å². The molecule has 0 spiro atoms. The smallest absolute Gasteiger partial charge is 0.352 e. The topological polar surface area (TPSA) is 125 Å². The minimum atomic E-state index is -1.18. The van der Waals surface area contributed by atoms with Crippen molar-refractivity contribution in [1.29, 1.82) is 0 Å². The molecule has 0 fully saturated rings. The summed E-state index contributed by atoms with van der Waals surface area (Å²) < 4.78 is 9.30. The molecule has 0 aliphatic rings. The van der Waals surface area contributed by atoms with Gasteiger partial charge in [0.1, 0.15) is 5.69 Å². The Hall–Kier alpha value is -2.91. The van der Waals surface area contributed by atoms with Gasteiger partial charge in [0, 0.05) is 20.2 Å².